The lowest BCUT2D eigenvalue weighted by atomic mass is 9.80. The number of rotatable bonds is 3. The normalized spacial score (nSPS) is 12.1. The lowest BCUT2D eigenvalue weighted by Crippen LogP contribution is -2.19. The summed E-state index contributed by atoms with van der Waals surface area (Å²) in [6.45, 7) is 15.2. The molecule has 0 atom stereocenters. The van der Waals surface area contributed by atoms with Crippen molar-refractivity contribution in [1.82, 2.24) is 9.97 Å². The predicted molar refractivity (Wildman–Crippen MR) is 146 cm³/mol. The molecule has 1 heterocycles. The largest absolute Gasteiger partial charge is 0.368 e. The van der Waals surface area contributed by atoms with Gasteiger partial charge in [-0.05, 0) is 82.0 Å². The van der Waals surface area contributed by atoms with Gasteiger partial charge in [-0.3, -0.25) is 4.79 Å². The van der Waals surface area contributed by atoms with Gasteiger partial charge in [-0.1, -0.05) is 59.7 Å². The number of nitrogen functional groups attached to an aromatic ring is 1. The molecule has 0 aliphatic heterocycles. The Morgan fingerprint density at radius 2 is 1.51 bits per heavy atom. The van der Waals surface area contributed by atoms with Crippen LogP contribution in [0.15, 0.2) is 60.8 Å². The average Bonchev–Trinajstić information content (AvgIpc) is 2.77. The third-order valence-corrected chi connectivity index (χ3v) is 6.33. The molecule has 1 amide bonds. The molecule has 3 aromatic carbocycles. The van der Waals surface area contributed by atoms with Crippen molar-refractivity contribution in [3.8, 4) is 11.1 Å². The zero-order valence-electron chi connectivity index (χ0n) is 21.7. The molecule has 0 unspecified atom stereocenters. The van der Waals surface area contributed by atoms with Crippen LogP contribution in [0.4, 0.5) is 11.6 Å². The third-order valence-electron chi connectivity index (χ3n) is 6.33. The number of nitrogens with zero attached hydrogens (tertiary/aromatic N) is 2. The first-order chi connectivity index (χ1) is 16.3. The lowest BCUT2D eigenvalue weighted by molar-refractivity contribution is 0.102. The molecule has 1 aromatic heterocycles. The van der Waals surface area contributed by atoms with Gasteiger partial charge >= 0.3 is 0 Å². The van der Waals surface area contributed by atoms with E-state index in [0.717, 1.165) is 33.3 Å². The molecule has 0 saturated carbocycles. The number of carbonyl (C=O) groups is 1. The number of anilines is 2. The molecule has 0 radical (unpaired) electrons. The maximum Gasteiger partial charge on any atom is 0.255 e. The molecule has 0 saturated heterocycles. The fourth-order valence-corrected chi connectivity index (χ4v) is 4.06. The van der Waals surface area contributed by atoms with Crippen molar-refractivity contribution >= 4 is 28.4 Å². The van der Waals surface area contributed by atoms with Gasteiger partial charge in [0.05, 0.1) is 5.52 Å². The SMILES string of the molecule is Cc1ccc(C(=O)Nc2cc(C(C)(C)C)cc(C(C)(C)C)c2)cc1-c1ccc2nc(N)ncc2c1. The molecular formula is C30H34N4O. The van der Waals surface area contributed by atoms with Crippen LogP contribution in [0.25, 0.3) is 22.0 Å². The van der Waals surface area contributed by atoms with E-state index in [4.69, 9.17) is 5.73 Å². The molecule has 4 rings (SSSR count). The van der Waals surface area contributed by atoms with Gasteiger partial charge in [-0.2, -0.15) is 0 Å². The monoisotopic (exact) mass is 466 g/mol. The second kappa shape index (κ2) is 8.81. The van der Waals surface area contributed by atoms with E-state index in [1.807, 2.05) is 43.3 Å². The van der Waals surface area contributed by atoms with E-state index in [2.05, 4.69) is 75.0 Å². The van der Waals surface area contributed by atoms with Crippen LogP contribution in [-0.4, -0.2) is 15.9 Å². The summed E-state index contributed by atoms with van der Waals surface area (Å²) in [6, 6.07) is 18.2. The summed E-state index contributed by atoms with van der Waals surface area (Å²) >= 11 is 0. The molecule has 4 aromatic rings. The first kappa shape index (κ1) is 24.4. The van der Waals surface area contributed by atoms with Crippen LogP contribution < -0.4 is 11.1 Å². The van der Waals surface area contributed by atoms with Crippen LogP contribution in [-0.2, 0) is 10.8 Å². The van der Waals surface area contributed by atoms with Crippen LogP contribution in [0.1, 0.15) is 68.6 Å². The summed E-state index contributed by atoms with van der Waals surface area (Å²) in [5.74, 6) is 0.124. The molecule has 5 heteroatoms. The van der Waals surface area contributed by atoms with Crippen LogP contribution in [0.3, 0.4) is 0 Å². The Morgan fingerprint density at radius 1 is 0.857 bits per heavy atom. The van der Waals surface area contributed by atoms with E-state index in [1.54, 1.807) is 6.20 Å². The van der Waals surface area contributed by atoms with Crippen LogP contribution >= 0.6 is 0 Å². The lowest BCUT2D eigenvalue weighted by Gasteiger charge is -2.26. The first-order valence-electron chi connectivity index (χ1n) is 11.9. The summed E-state index contributed by atoms with van der Waals surface area (Å²) in [4.78, 5) is 21.7. The molecule has 0 aliphatic carbocycles. The second-order valence-corrected chi connectivity index (χ2v) is 11.3. The van der Waals surface area contributed by atoms with Gasteiger partial charge in [0.15, 0.2) is 0 Å². The Kier molecular flexibility index (Phi) is 6.14. The van der Waals surface area contributed by atoms with E-state index < -0.39 is 0 Å². The minimum absolute atomic E-state index is 0.0256. The summed E-state index contributed by atoms with van der Waals surface area (Å²) in [7, 11) is 0. The Labute approximate surface area is 207 Å². The number of carbonyl (C=O) groups excluding carboxylic acids is 1. The van der Waals surface area contributed by atoms with Crippen LogP contribution in [0.2, 0.25) is 0 Å². The van der Waals surface area contributed by atoms with Gasteiger partial charge < -0.3 is 11.1 Å². The smallest absolute Gasteiger partial charge is 0.255 e. The van der Waals surface area contributed by atoms with Crippen molar-refractivity contribution < 1.29 is 4.79 Å². The number of nitrogens with one attached hydrogen (secondary N) is 1. The number of nitrogens with two attached hydrogens (primary N) is 1. The average molecular weight is 467 g/mol. The fraction of sp³-hybridized carbons (Fsp3) is 0.300. The van der Waals surface area contributed by atoms with Crippen molar-refractivity contribution in [3.63, 3.8) is 0 Å². The number of aromatic nitrogens is 2. The van der Waals surface area contributed by atoms with Gasteiger partial charge in [0.1, 0.15) is 0 Å². The highest BCUT2D eigenvalue weighted by atomic mass is 16.1. The summed E-state index contributed by atoms with van der Waals surface area (Å²) in [5, 5.41) is 4.05. The molecule has 0 fully saturated rings. The number of benzene rings is 3. The molecule has 0 spiro atoms. The van der Waals surface area contributed by atoms with Crippen LogP contribution in [0.5, 0.6) is 0 Å². The molecule has 0 aliphatic rings. The number of fused-ring (bicyclic) bond motifs is 1. The molecule has 180 valence electrons. The first-order valence-corrected chi connectivity index (χ1v) is 11.9. The molecule has 5 nitrogen and oxygen atoms in total. The van der Waals surface area contributed by atoms with Gasteiger partial charge in [0.25, 0.3) is 5.91 Å². The number of amides is 1. The molecule has 0 bridgehead atoms. The maximum absolute atomic E-state index is 13.3. The zero-order valence-corrected chi connectivity index (χ0v) is 21.7. The van der Waals surface area contributed by atoms with E-state index >= 15 is 0 Å². The van der Waals surface area contributed by atoms with Crippen molar-refractivity contribution in [3.05, 3.63) is 83.0 Å². The summed E-state index contributed by atoms with van der Waals surface area (Å²) in [5.41, 5.74) is 13.4. The number of hydrogen-bond acceptors (Lipinski definition) is 4. The Hall–Kier alpha value is -3.73. The van der Waals surface area contributed by atoms with Gasteiger partial charge in [0, 0.05) is 22.8 Å². The zero-order chi connectivity index (χ0) is 25.5. The minimum Gasteiger partial charge on any atom is -0.368 e. The van der Waals surface area contributed by atoms with Crippen molar-refractivity contribution in [2.75, 3.05) is 11.1 Å². The molecule has 35 heavy (non-hydrogen) atoms. The highest BCUT2D eigenvalue weighted by molar-refractivity contribution is 6.05. The third kappa shape index (κ3) is 5.35. The highest BCUT2D eigenvalue weighted by Gasteiger charge is 2.21. The second-order valence-electron chi connectivity index (χ2n) is 11.3. The Bertz CT molecular complexity index is 1390. The van der Waals surface area contributed by atoms with Gasteiger partial charge in [-0.25, -0.2) is 9.97 Å². The van der Waals surface area contributed by atoms with E-state index in [9.17, 15) is 4.79 Å². The van der Waals surface area contributed by atoms with Gasteiger partial charge in [-0.15, -0.1) is 0 Å². The number of hydrogen-bond donors (Lipinski definition) is 2. The Morgan fingerprint density at radius 3 is 2.14 bits per heavy atom. The Balaban J connectivity index is 1.69. The topological polar surface area (TPSA) is 80.9 Å². The van der Waals surface area contributed by atoms with Gasteiger partial charge in [0.2, 0.25) is 5.95 Å². The van der Waals surface area contributed by atoms with E-state index in [1.165, 1.54) is 11.1 Å². The molecule has 3 N–H and O–H groups in total. The van der Waals surface area contributed by atoms with E-state index in [0.29, 0.717) is 5.56 Å². The fourth-order valence-electron chi connectivity index (χ4n) is 4.06. The standard InChI is InChI=1S/C30H34N4O/c1-18-8-9-20(13-25(18)19-10-11-26-21(12-19)17-32-28(31)34-26)27(35)33-24-15-22(29(2,3)4)14-23(16-24)30(5,6)7/h8-17H,1-7H3,(H,33,35)(H2,31,32,34). The number of aryl methyl sites for hydroxylation is 1. The maximum atomic E-state index is 13.3. The summed E-state index contributed by atoms with van der Waals surface area (Å²) < 4.78 is 0. The molecular weight excluding hydrogens is 432 g/mol. The van der Waals surface area contributed by atoms with Crippen LogP contribution in [0, 0.1) is 6.92 Å². The van der Waals surface area contributed by atoms with Crippen molar-refractivity contribution in [1.29, 1.82) is 0 Å². The van der Waals surface area contributed by atoms with Crippen molar-refractivity contribution in [2.45, 2.75) is 59.3 Å². The quantitative estimate of drug-likeness (QED) is 0.339. The summed E-state index contributed by atoms with van der Waals surface area (Å²) in [6.07, 6.45) is 1.72. The minimum atomic E-state index is -0.130. The predicted octanol–water partition coefficient (Wildman–Crippen LogP) is 7.03. The highest BCUT2D eigenvalue weighted by Crippen LogP contribution is 2.33. The van der Waals surface area contributed by atoms with E-state index in [-0.39, 0.29) is 22.7 Å². The van der Waals surface area contributed by atoms with Crippen molar-refractivity contribution in [2.24, 2.45) is 0 Å².